The van der Waals surface area contributed by atoms with Crippen LogP contribution < -0.4 is 0 Å². The molecule has 4 heteroatoms. The fourth-order valence-corrected chi connectivity index (χ4v) is 2.63. The fourth-order valence-electron chi connectivity index (χ4n) is 2.63. The molecule has 94 valence electrons. The third-order valence-electron chi connectivity index (χ3n) is 4.06. The van der Waals surface area contributed by atoms with Crippen molar-refractivity contribution >= 4 is 11.8 Å². The van der Waals surface area contributed by atoms with E-state index in [1.807, 2.05) is 26.0 Å². The second-order valence-corrected chi connectivity index (χ2v) is 5.10. The van der Waals surface area contributed by atoms with Crippen molar-refractivity contribution in [1.82, 2.24) is 4.90 Å². The molecule has 4 nitrogen and oxygen atoms in total. The Balaban J connectivity index is 2.20. The van der Waals surface area contributed by atoms with Crippen molar-refractivity contribution in [2.75, 3.05) is 6.61 Å². The molecule has 1 aliphatic heterocycles. The molecule has 0 radical (unpaired) electrons. The predicted octanol–water partition coefficient (Wildman–Crippen LogP) is 0.954. The molecular weight excluding hydrogens is 218 g/mol. The van der Waals surface area contributed by atoms with E-state index in [9.17, 15) is 9.59 Å². The number of aliphatic hydroxyl groups excluding tert-OH is 1. The summed E-state index contributed by atoms with van der Waals surface area (Å²) in [5.41, 5.74) is 0. The topological polar surface area (TPSA) is 57.6 Å². The van der Waals surface area contributed by atoms with E-state index in [4.69, 9.17) is 5.11 Å². The molecule has 2 rings (SSSR count). The highest BCUT2D eigenvalue weighted by molar-refractivity contribution is 6.05. The zero-order chi connectivity index (χ0) is 12.6. The second kappa shape index (κ2) is 4.61. The minimum atomic E-state index is -0.217. The Morgan fingerprint density at radius 2 is 1.71 bits per heavy atom. The van der Waals surface area contributed by atoms with E-state index in [0.717, 1.165) is 0 Å². The van der Waals surface area contributed by atoms with Crippen LogP contribution in [0.5, 0.6) is 0 Å². The van der Waals surface area contributed by atoms with Gasteiger partial charge in [0.15, 0.2) is 0 Å². The van der Waals surface area contributed by atoms with E-state index in [0.29, 0.717) is 12.8 Å². The summed E-state index contributed by atoms with van der Waals surface area (Å²) in [4.78, 5) is 25.8. The van der Waals surface area contributed by atoms with Gasteiger partial charge in [0, 0.05) is 12.6 Å². The van der Waals surface area contributed by atoms with Gasteiger partial charge in [0.1, 0.15) is 0 Å². The van der Waals surface area contributed by atoms with E-state index in [1.54, 1.807) is 0 Å². The highest BCUT2D eigenvalue weighted by Crippen LogP contribution is 2.36. The average molecular weight is 237 g/mol. The lowest BCUT2D eigenvalue weighted by Gasteiger charge is -2.27. The molecule has 0 bridgehead atoms. The number of carbonyl (C=O) groups excluding carboxylic acids is 2. The monoisotopic (exact) mass is 237 g/mol. The maximum Gasteiger partial charge on any atom is 0.233 e. The molecule has 0 aromatic rings. The van der Waals surface area contributed by atoms with Crippen molar-refractivity contribution in [1.29, 1.82) is 0 Å². The van der Waals surface area contributed by atoms with Crippen LogP contribution in [0.25, 0.3) is 0 Å². The number of carbonyl (C=O) groups is 2. The number of nitrogens with zero attached hydrogens (tertiary/aromatic N) is 1. The molecular formula is C13H19NO3. The molecule has 1 N–H and O–H groups in total. The van der Waals surface area contributed by atoms with Gasteiger partial charge in [0.2, 0.25) is 11.8 Å². The number of likely N-dealkylation sites (tertiary alicyclic amines) is 1. The summed E-state index contributed by atoms with van der Waals surface area (Å²) in [5, 5.41) is 9.13. The van der Waals surface area contributed by atoms with Gasteiger partial charge in [-0.1, -0.05) is 19.1 Å². The van der Waals surface area contributed by atoms with E-state index in [2.05, 4.69) is 0 Å². The summed E-state index contributed by atoms with van der Waals surface area (Å²) < 4.78 is 0. The quantitative estimate of drug-likeness (QED) is 0.587. The Kier molecular flexibility index (Phi) is 3.33. The van der Waals surface area contributed by atoms with Crippen LogP contribution >= 0.6 is 0 Å². The lowest BCUT2D eigenvalue weighted by atomic mass is 9.85. The van der Waals surface area contributed by atoms with Gasteiger partial charge in [-0.15, -0.1) is 0 Å². The molecule has 2 aliphatic rings. The van der Waals surface area contributed by atoms with Crippen molar-refractivity contribution in [2.45, 2.75) is 32.7 Å². The molecule has 0 spiro atoms. The first-order valence-corrected chi connectivity index (χ1v) is 6.20. The Morgan fingerprint density at radius 1 is 1.24 bits per heavy atom. The maximum absolute atomic E-state index is 12.2. The van der Waals surface area contributed by atoms with Gasteiger partial charge < -0.3 is 5.11 Å². The number of allylic oxidation sites excluding steroid dienone is 2. The van der Waals surface area contributed by atoms with Crippen LogP contribution in [0.4, 0.5) is 0 Å². The molecule has 1 aliphatic carbocycles. The highest BCUT2D eigenvalue weighted by atomic mass is 16.3. The Bertz CT molecular complexity index is 338. The van der Waals surface area contributed by atoms with E-state index < -0.39 is 0 Å². The van der Waals surface area contributed by atoms with Gasteiger partial charge in [0.05, 0.1) is 11.8 Å². The van der Waals surface area contributed by atoms with Gasteiger partial charge in [0.25, 0.3) is 0 Å². The lowest BCUT2D eigenvalue weighted by molar-refractivity contribution is -0.143. The summed E-state index contributed by atoms with van der Waals surface area (Å²) in [6, 6.07) is -0.217. The van der Waals surface area contributed by atoms with Crippen molar-refractivity contribution in [3.63, 3.8) is 0 Å². The number of hydrogen-bond donors (Lipinski definition) is 1. The van der Waals surface area contributed by atoms with Gasteiger partial charge in [-0.2, -0.15) is 0 Å². The molecule has 0 aromatic heterocycles. The molecule has 1 heterocycles. The van der Waals surface area contributed by atoms with E-state index in [1.165, 1.54) is 4.90 Å². The number of imide groups is 1. The van der Waals surface area contributed by atoms with Crippen molar-refractivity contribution in [3.8, 4) is 0 Å². The minimum Gasteiger partial charge on any atom is -0.396 e. The summed E-state index contributed by atoms with van der Waals surface area (Å²) in [6.07, 6.45) is 5.31. The number of amides is 2. The van der Waals surface area contributed by atoms with Crippen molar-refractivity contribution < 1.29 is 14.7 Å². The number of aliphatic hydroxyl groups is 1. The zero-order valence-electron chi connectivity index (χ0n) is 10.3. The first-order valence-electron chi connectivity index (χ1n) is 6.20. The average Bonchev–Trinajstić information content (AvgIpc) is 2.61. The van der Waals surface area contributed by atoms with Gasteiger partial charge in [-0.25, -0.2) is 0 Å². The third-order valence-corrected chi connectivity index (χ3v) is 4.06. The molecule has 1 saturated heterocycles. The Hall–Kier alpha value is -1.16. The first-order chi connectivity index (χ1) is 8.07. The fraction of sp³-hybridized carbons (Fsp3) is 0.692. The predicted molar refractivity (Wildman–Crippen MR) is 62.9 cm³/mol. The molecule has 4 unspecified atom stereocenters. The Morgan fingerprint density at radius 3 is 2.12 bits per heavy atom. The lowest BCUT2D eigenvalue weighted by Crippen LogP contribution is -2.43. The van der Waals surface area contributed by atoms with Crippen LogP contribution in [-0.4, -0.2) is 34.5 Å². The van der Waals surface area contributed by atoms with Gasteiger partial charge in [-0.05, 0) is 25.7 Å². The van der Waals surface area contributed by atoms with Crippen LogP contribution in [0.15, 0.2) is 12.2 Å². The maximum atomic E-state index is 12.2. The normalized spacial score (nSPS) is 31.6. The van der Waals surface area contributed by atoms with Crippen LogP contribution in [0.3, 0.4) is 0 Å². The largest absolute Gasteiger partial charge is 0.396 e. The van der Waals surface area contributed by atoms with E-state index >= 15 is 0 Å². The molecule has 4 atom stereocenters. The summed E-state index contributed by atoms with van der Waals surface area (Å²) in [7, 11) is 0. The molecule has 2 amide bonds. The Labute approximate surface area is 101 Å². The van der Waals surface area contributed by atoms with Crippen LogP contribution in [-0.2, 0) is 9.59 Å². The van der Waals surface area contributed by atoms with Crippen LogP contribution in [0.2, 0.25) is 0 Å². The highest BCUT2D eigenvalue weighted by Gasteiger charge is 2.49. The second-order valence-electron chi connectivity index (χ2n) is 5.10. The minimum absolute atomic E-state index is 0.00813. The number of fused-ring (bicyclic) bond motifs is 1. The SMILES string of the molecule is CC(CO)C(C)N1C(=O)C2CC=CCC2C1=O. The van der Waals surface area contributed by atoms with Crippen LogP contribution in [0, 0.1) is 17.8 Å². The summed E-state index contributed by atoms with van der Waals surface area (Å²) in [5.74, 6) is -0.521. The third kappa shape index (κ3) is 1.90. The van der Waals surface area contributed by atoms with Gasteiger partial charge in [-0.3, -0.25) is 14.5 Å². The summed E-state index contributed by atoms with van der Waals surface area (Å²) >= 11 is 0. The van der Waals surface area contributed by atoms with Crippen LogP contribution in [0.1, 0.15) is 26.7 Å². The van der Waals surface area contributed by atoms with Gasteiger partial charge >= 0.3 is 0 Å². The zero-order valence-corrected chi connectivity index (χ0v) is 10.3. The molecule has 1 fully saturated rings. The van der Waals surface area contributed by atoms with E-state index in [-0.39, 0.29) is 42.2 Å². The number of rotatable bonds is 3. The molecule has 0 aromatic carbocycles. The van der Waals surface area contributed by atoms with Crippen molar-refractivity contribution in [3.05, 3.63) is 12.2 Å². The smallest absolute Gasteiger partial charge is 0.233 e. The van der Waals surface area contributed by atoms with Crippen molar-refractivity contribution in [2.24, 2.45) is 17.8 Å². The number of hydrogen-bond acceptors (Lipinski definition) is 3. The molecule has 17 heavy (non-hydrogen) atoms. The summed E-state index contributed by atoms with van der Waals surface area (Å²) in [6.45, 7) is 3.68. The molecule has 0 saturated carbocycles. The first kappa shape index (κ1) is 12.3. The standard InChI is InChI=1S/C13H19NO3/c1-8(7-15)9(2)14-12(16)10-5-3-4-6-11(10)13(14)17/h3-4,8-11,15H,5-7H2,1-2H3.